The van der Waals surface area contributed by atoms with Crippen LogP contribution in [0.5, 0.6) is 0 Å². The molecule has 0 bridgehead atoms. The van der Waals surface area contributed by atoms with Crippen molar-refractivity contribution in [2.75, 3.05) is 0 Å². The molecule has 1 aromatic carbocycles. The molecule has 4 rings (SSSR count). The lowest BCUT2D eigenvalue weighted by Crippen LogP contribution is -2.50. The maximum absolute atomic E-state index is 13.0. The highest BCUT2D eigenvalue weighted by Gasteiger charge is 2.50. The van der Waals surface area contributed by atoms with Gasteiger partial charge in [-0.3, -0.25) is 9.59 Å². The van der Waals surface area contributed by atoms with Gasteiger partial charge >= 0.3 is 0 Å². The van der Waals surface area contributed by atoms with Crippen molar-refractivity contribution >= 4 is 11.8 Å². The molecule has 2 aliphatic carbocycles. The van der Waals surface area contributed by atoms with Crippen LogP contribution in [0.3, 0.4) is 0 Å². The zero-order chi connectivity index (χ0) is 17.4. The first kappa shape index (κ1) is 16.6. The fraction of sp³-hybridized carbons (Fsp3) is 0.619. The van der Waals surface area contributed by atoms with Gasteiger partial charge in [-0.1, -0.05) is 43.2 Å². The Labute approximate surface area is 150 Å². The molecule has 1 aromatic rings. The van der Waals surface area contributed by atoms with Gasteiger partial charge in [-0.05, 0) is 50.5 Å². The van der Waals surface area contributed by atoms with Gasteiger partial charge in [0.15, 0.2) is 0 Å². The van der Waals surface area contributed by atoms with Crippen LogP contribution in [0.4, 0.5) is 0 Å². The number of rotatable bonds is 4. The van der Waals surface area contributed by atoms with Crippen molar-refractivity contribution in [1.82, 2.24) is 10.2 Å². The van der Waals surface area contributed by atoms with E-state index in [4.69, 9.17) is 0 Å². The van der Waals surface area contributed by atoms with Gasteiger partial charge in [0.05, 0.1) is 6.04 Å². The van der Waals surface area contributed by atoms with Gasteiger partial charge in [0.25, 0.3) is 0 Å². The van der Waals surface area contributed by atoms with E-state index in [0.29, 0.717) is 12.0 Å². The van der Waals surface area contributed by atoms with Crippen LogP contribution >= 0.6 is 0 Å². The number of nitrogens with one attached hydrogen (secondary N) is 1. The molecule has 0 radical (unpaired) electrons. The molecule has 4 heteroatoms. The molecule has 4 atom stereocenters. The minimum atomic E-state index is -0.271. The first-order valence-corrected chi connectivity index (χ1v) is 9.82. The van der Waals surface area contributed by atoms with Gasteiger partial charge in [0.1, 0.15) is 6.04 Å². The average Bonchev–Trinajstić information content (AvgIpc) is 3.41. The Balaban J connectivity index is 1.50. The maximum Gasteiger partial charge on any atom is 0.243 e. The summed E-state index contributed by atoms with van der Waals surface area (Å²) < 4.78 is 0. The maximum atomic E-state index is 13.0. The summed E-state index contributed by atoms with van der Waals surface area (Å²) in [5, 5.41) is 3.16. The van der Waals surface area contributed by atoms with E-state index in [0.717, 1.165) is 37.7 Å². The van der Waals surface area contributed by atoms with Crippen LogP contribution in [0.2, 0.25) is 0 Å². The summed E-state index contributed by atoms with van der Waals surface area (Å²) in [6, 6.07) is 10.0. The number of hydrogen-bond acceptors (Lipinski definition) is 2. The molecule has 3 fully saturated rings. The molecule has 0 spiro atoms. The lowest BCUT2D eigenvalue weighted by Gasteiger charge is -2.34. The fourth-order valence-electron chi connectivity index (χ4n) is 4.69. The normalized spacial score (nSPS) is 29.8. The third-order valence-corrected chi connectivity index (χ3v) is 6.23. The molecule has 4 nitrogen and oxygen atoms in total. The lowest BCUT2D eigenvalue weighted by atomic mass is 9.84. The van der Waals surface area contributed by atoms with Crippen molar-refractivity contribution < 1.29 is 9.59 Å². The van der Waals surface area contributed by atoms with Crippen LogP contribution in [0.25, 0.3) is 0 Å². The standard InChI is InChI=1S/C21H28N2O2/c1-14(15-7-3-2-4-8-15)22-20(24)19-13-17-9-5-6-10-18(17)23(19)21(25)16-11-12-16/h2-4,7-8,14,16-19H,5-6,9-13H2,1H3,(H,22,24). The van der Waals surface area contributed by atoms with Crippen LogP contribution in [0, 0.1) is 11.8 Å². The molecule has 0 aromatic heterocycles. The number of carbonyl (C=O) groups is 2. The number of benzene rings is 1. The SMILES string of the molecule is CC(NC(=O)C1CC2CCCCC2N1C(=O)C1CC1)c1ccccc1. The Morgan fingerprint density at radius 3 is 2.52 bits per heavy atom. The number of nitrogens with zero attached hydrogens (tertiary/aromatic N) is 1. The molecule has 1 N–H and O–H groups in total. The van der Waals surface area contributed by atoms with Crippen LogP contribution in [-0.2, 0) is 9.59 Å². The Hall–Kier alpha value is -1.84. The van der Waals surface area contributed by atoms with E-state index in [-0.39, 0.29) is 29.8 Å². The highest BCUT2D eigenvalue weighted by atomic mass is 16.2. The minimum Gasteiger partial charge on any atom is -0.348 e. The molecule has 4 unspecified atom stereocenters. The zero-order valence-corrected chi connectivity index (χ0v) is 15.0. The predicted molar refractivity (Wildman–Crippen MR) is 96.7 cm³/mol. The second-order valence-corrected chi connectivity index (χ2v) is 8.02. The van der Waals surface area contributed by atoms with Gasteiger partial charge < -0.3 is 10.2 Å². The summed E-state index contributed by atoms with van der Waals surface area (Å²) in [5.41, 5.74) is 1.10. The van der Waals surface area contributed by atoms with Crippen molar-refractivity contribution in [3.05, 3.63) is 35.9 Å². The highest BCUT2D eigenvalue weighted by Crippen LogP contribution is 2.43. The van der Waals surface area contributed by atoms with Crippen molar-refractivity contribution in [3.8, 4) is 0 Å². The van der Waals surface area contributed by atoms with Crippen LogP contribution < -0.4 is 5.32 Å². The van der Waals surface area contributed by atoms with Crippen molar-refractivity contribution in [1.29, 1.82) is 0 Å². The molecule has 25 heavy (non-hydrogen) atoms. The number of likely N-dealkylation sites (tertiary alicyclic amines) is 1. The van der Waals surface area contributed by atoms with E-state index < -0.39 is 0 Å². The zero-order valence-electron chi connectivity index (χ0n) is 15.0. The van der Waals surface area contributed by atoms with Gasteiger partial charge in [0, 0.05) is 12.0 Å². The van der Waals surface area contributed by atoms with Gasteiger partial charge in [-0.15, -0.1) is 0 Å². The second kappa shape index (κ2) is 6.81. The van der Waals surface area contributed by atoms with Crippen LogP contribution in [-0.4, -0.2) is 28.8 Å². The third-order valence-electron chi connectivity index (χ3n) is 6.23. The largest absolute Gasteiger partial charge is 0.348 e. The second-order valence-electron chi connectivity index (χ2n) is 8.02. The number of fused-ring (bicyclic) bond motifs is 1. The Bertz CT molecular complexity index is 641. The van der Waals surface area contributed by atoms with E-state index in [1.807, 2.05) is 42.2 Å². The number of carbonyl (C=O) groups excluding carboxylic acids is 2. The Morgan fingerprint density at radius 2 is 1.80 bits per heavy atom. The molecule has 1 aliphatic heterocycles. The molecular weight excluding hydrogens is 312 g/mol. The molecule has 1 saturated heterocycles. The molecular formula is C21H28N2O2. The Morgan fingerprint density at radius 1 is 1.08 bits per heavy atom. The van der Waals surface area contributed by atoms with E-state index in [9.17, 15) is 9.59 Å². The summed E-state index contributed by atoms with van der Waals surface area (Å²) in [6.07, 6.45) is 7.50. The van der Waals surface area contributed by atoms with Crippen LogP contribution in [0.15, 0.2) is 30.3 Å². The highest BCUT2D eigenvalue weighted by molar-refractivity contribution is 5.90. The lowest BCUT2D eigenvalue weighted by molar-refractivity contribution is -0.142. The molecule has 2 saturated carbocycles. The van der Waals surface area contributed by atoms with Crippen molar-refractivity contribution in [2.24, 2.45) is 11.8 Å². The summed E-state index contributed by atoms with van der Waals surface area (Å²) in [4.78, 5) is 27.9. The van der Waals surface area contributed by atoms with Crippen molar-refractivity contribution in [3.63, 3.8) is 0 Å². The van der Waals surface area contributed by atoms with E-state index in [2.05, 4.69) is 5.32 Å². The monoisotopic (exact) mass is 340 g/mol. The topological polar surface area (TPSA) is 49.4 Å². The average molecular weight is 340 g/mol. The van der Waals surface area contributed by atoms with E-state index in [1.54, 1.807) is 0 Å². The van der Waals surface area contributed by atoms with Crippen LogP contribution in [0.1, 0.15) is 63.5 Å². The quantitative estimate of drug-likeness (QED) is 0.913. The first-order chi connectivity index (χ1) is 12.1. The van der Waals surface area contributed by atoms with Gasteiger partial charge in [-0.2, -0.15) is 0 Å². The summed E-state index contributed by atoms with van der Waals surface area (Å²) >= 11 is 0. The smallest absolute Gasteiger partial charge is 0.243 e. The van der Waals surface area contributed by atoms with E-state index >= 15 is 0 Å². The first-order valence-electron chi connectivity index (χ1n) is 9.82. The van der Waals surface area contributed by atoms with E-state index in [1.165, 1.54) is 12.8 Å². The third kappa shape index (κ3) is 3.31. The van der Waals surface area contributed by atoms with Crippen molar-refractivity contribution in [2.45, 2.75) is 70.0 Å². The molecule has 134 valence electrons. The summed E-state index contributed by atoms with van der Waals surface area (Å²) in [7, 11) is 0. The molecule has 1 heterocycles. The predicted octanol–water partition coefficient (Wildman–Crippen LogP) is 3.43. The molecule has 3 aliphatic rings. The minimum absolute atomic E-state index is 0.0275. The molecule has 2 amide bonds. The Kier molecular flexibility index (Phi) is 4.53. The van der Waals surface area contributed by atoms with Gasteiger partial charge in [-0.25, -0.2) is 0 Å². The number of hydrogen-bond donors (Lipinski definition) is 1. The fourth-order valence-corrected chi connectivity index (χ4v) is 4.69. The summed E-state index contributed by atoms with van der Waals surface area (Å²) in [6.45, 7) is 2.02. The number of amides is 2. The van der Waals surface area contributed by atoms with Gasteiger partial charge in [0.2, 0.25) is 11.8 Å². The summed E-state index contributed by atoms with van der Waals surface area (Å²) in [5.74, 6) is 0.962.